The van der Waals surface area contributed by atoms with Crippen molar-refractivity contribution in [3.05, 3.63) is 29.3 Å². The first-order valence-corrected chi connectivity index (χ1v) is 8.91. The Kier molecular flexibility index (Phi) is 4.70. The summed E-state index contributed by atoms with van der Waals surface area (Å²) in [5, 5.41) is 3.35. The zero-order chi connectivity index (χ0) is 14.8. The molecule has 0 amide bonds. The Hall–Kier alpha value is -1.07. The van der Waals surface area contributed by atoms with Crippen molar-refractivity contribution in [3.8, 4) is 0 Å². The standard InChI is InChI=1S/C15H24N2O2S/c1-12-8-13(2)10-15(9-12)17(3)6-5-16-14-4-7-20(18,19)11-14/h8-10,14,16H,4-7,11H2,1-3H3. The third-order valence-corrected chi connectivity index (χ3v) is 5.53. The van der Waals surface area contributed by atoms with Gasteiger partial charge in [0.25, 0.3) is 0 Å². The first-order chi connectivity index (χ1) is 9.35. The van der Waals surface area contributed by atoms with E-state index in [2.05, 4.69) is 49.3 Å². The van der Waals surface area contributed by atoms with Gasteiger partial charge in [0, 0.05) is 31.9 Å². The molecule has 5 heteroatoms. The van der Waals surface area contributed by atoms with E-state index in [1.165, 1.54) is 16.8 Å². The van der Waals surface area contributed by atoms with Crippen LogP contribution < -0.4 is 10.2 Å². The smallest absolute Gasteiger partial charge is 0.151 e. The van der Waals surface area contributed by atoms with Crippen molar-refractivity contribution in [2.75, 3.05) is 36.5 Å². The van der Waals surface area contributed by atoms with Crippen molar-refractivity contribution < 1.29 is 8.42 Å². The van der Waals surface area contributed by atoms with Crippen LogP contribution >= 0.6 is 0 Å². The molecule has 1 fully saturated rings. The van der Waals surface area contributed by atoms with Crippen LogP contribution in [0, 0.1) is 13.8 Å². The van der Waals surface area contributed by atoms with Crippen molar-refractivity contribution in [1.82, 2.24) is 5.32 Å². The number of nitrogens with zero attached hydrogens (tertiary/aromatic N) is 1. The van der Waals surface area contributed by atoms with Crippen molar-refractivity contribution in [3.63, 3.8) is 0 Å². The average molecular weight is 296 g/mol. The normalized spacial score (nSPS) is 21.1. The number of likely N-dealkylation sites (N-methyl/N-ethyl adjacent to an activating group) is 1. The molecule has 4 nitrogen and oxygen atoms in total. The molecule has 1 aliphatic heterocycles. The van der Waals surface area contributed by atoms with Gasteiger partial charge >= 0.3 is 0 Å². The number of rotatable bonds is 5. The van der Waals surface area contributed by atoms with Crippen LogP contribution in [0.5, 0.6) is 0 Å². The second-order valence-corrected chi connectivity index (χ2v) is 8.05. The number of nitrogens with one attached hydrogen (secondary N) is 1. The van der Waals surface area contributed by atoms with Gasteiger partial charge in [-0.05, 0) is 43.5 Å². The molecule has 0 aliphatic carbocycles. The van der Waals surface area contributed by atoms with Gasteiger partial charge in [-0.1, -0.05) is 6.07 Å². The molecule has 112 valence electrons. The zero-order valence-corrected chi connectivity index (χ0v) is 13.3. The quantitative estimate of drug-likeness (QED) is 0.895. The minimum atomic E-state index is -2.79. The number of aryl methyl sites for hydroxylation is 2. The predicted molar refractivity (Wildman–Crippen MR) is 84.2 cm³/mol. The summed E-state index contributed by atoms with van der Waals surface area (Å²) >= 11 is 0. The lowest BCUT2D eigenvalue weighted by Gasteiger charge is -2.21. The van der Waals surface area contributed by atoms with Gasteiger partial charge < -0.3 is 10.2 Å². The lowest BCUT2D eigenvalue weighted by atomic mass is 10.1. The van der Waals surface area contributed by atoms with Crippen LogP contribution in [0.2, 0.25) is 0 Å². The number of hydrogen-bond acceptors (Lipinski definition) is 4. The molecule has 20 heavy (non-hydrogen) atoms. The Balaban J connectivity index is 1.82. The van der Waals surface area contributed by atoms with E-state index in [0.29, 0.717) is 11.5 Å². The molecule has 1 atom stereocenters. The van der Waals surface area contributed by atoms with E-state index in [9.17, 15) is 8.42 Å². The summed E-state index contributed by atoms with van der Waals surface area (Å²) in [5.74, 6) is 0.623. The van der Waals surface area contributed by atoms with Crippen molar-refractivity contribution in [1.29, 1.82) is 0 Å². The molecular formula is C15H24N2O2S. The van der Waals surface area contributed by atoms with E-state index in [1.54, 1.807) is 0 Å². The third-order valence-electron chi connectivity index (χ3n) is 3.76. The Morgan fingerprint density at radius 3 is 2.45 bits per heavy atom. The van der Waals surface area contributed by atoms with Gasteiger partial charge in [0.15, 0.2) is 9.84 Å². The van der Waals surface area contributed by atoms with Gasteiger partial charge in [-0.25, -0.2) is 8.42 Å². The molecule has 0 saturated carbocycles. The van der Waals surface area contributed by atoms with Crippen LogP contribution in [-0.4, -0.2) is 46.1 Å². The molecular weight excluding hydrogens is 272 g/mol. The van der Waals surface area contributed by atoms with Gasteiger partial charge in [0.2, 0.25) is 0 Å². The summed E-state index contributed by atoms with van der Waals surface area (Å²) < 4.78 is 22.8. The molecule has 0 bridgehead atoms. The number of benzene rings is 1. The molecule has 2 rings (SSSR count). The molecule has 1 aromatic rings. The van der Waals surface area contributed by atoms with Crippen LogP contribution in [0.1, 0.15) is 17.5 Å². The SMILES string of the molecule is Cc1cc(C)cc(N(C)CCNC2CCS(=O)(=O)C2)c1. The maximum absolute atomic E-state index is 11.4. The second-order valence-electron chi connectivity index (χ2n) is 5.82. The lowest BCUT2D eigenvalue weighted by molar-refractivity contribution is 0.557. The van der Waals surface area contributed by atoms with Gasteiger partial charge in [-0.2, -0.15) is 0 Å². The third kappa shape index (κ3) is 4.21. The Morgan fingerprint density at radius 1 is 1.25 bits per heavy atom. The highest BCUT2D eigenvalue weighted by atomic mass is 32.2. The van der Waals surface area contributed by atoms with Crippen molar-refractivity contribution in [2.24, 2.45) is 0 Å². The molecule has 1 heterocycles. The fraction of sp³-hybridized carbons (Fsp3) is 0.600. The highest BCUT2D eigenvalue weighted by molar-refractivity contribution is 7.91. The lowest BCUT2D eigenvalue weighted by Crippen LogP contribution is -2.36. The number of anilines is 1. The summed E-state index contributed by atoms with van der Waals surface area (Å²) in [6, 6.07) is 6.65. The Morgan fingerprint density at radius 2 is 1.90 bits per heavy atom. The van der Waals surface area contributed by atoms with Crippen molar-refractivity contribution in [2.45, 2.75) is 26.3 Å². The maximum Gasteiger partial charge on any atom is 0.151 e. The molecule has 1 aromatic carbocycles. The first-order valence-electron chi connectivity index (χ1n) is 7.09. The summed E-state index contributed by atoms with van der Waals surface area (Å²) in [6.07, 6.45) is 0.746. The van der Waals surface area contributed by atoms with Gasteiger partial charge in [-0.3, -0.25) is 0 Å². The Bertz CT molecular complexity index is 549. The minimum Gasteiger partial charge on any atom is -0.373 e. The maximum atomic E-state index is 11.4. The molecule has 1 N–H and O–H groups in total. The van der Waals surface area contributed by atoms with Crippen LogP contribution in [0.4, 0.5) is 5.69 Å². The topological polar surface area (TPSA) is 49.4 Å². The molecule has 0 radical (unpaired) electrons. The van der Waals surface area contributed by atoms with Crippen LogP contribution in [0.25, 0.3) is 0 Å². The highest BCUT2D eigenvalue weighted by Gasteiger charge is 2.27. The fourth-order valence-corrected chi connectivity index (χ4v) is 4.40. The highest BCUT2D eigenvalue weighted by Crippen LogP contribution is 2.17. The van der Waals surface area contributed by atoms with E-state index in [4.69, 9.17) is 0 Å². The molecule has 0 aromatic heterocycles. The van der Waals surface area contributed by atoms with Gasteiger partial charge in [0.05, 0.1) is 11.5 Å². The van der Waals surface area contributed by atoms with Crippen LogP contribution in [0.3, 0.4) is 0 Å². The summed E-state index contributed by atoms with van der Waals surface area (Å²) in [4.78, 5) is 2.20. The van der Waals surface area contributed by atoms with E-state index in [1.807, 2.05) is 0 Å². The zero-order valence-electron chi connectivity index (χ0n) is 12.5. The molecule has 1 aliphatic rings. The van der Waals surface area contributed by atoms with Crippen LogP contribution in [0.15, 0.2) is 18.2 Å². The Labute approximate surface area is 122 Å². The van der Waals surface area contributed by atoms with Crippen LogP contribution in [-0.2, 0) is 9.84 Å². The van der Waals surface area contributed by atoms with Gasteiger partial charge in [-0.15, -0.1) is 0 Å². The van der Waals surface area contributed by atoms with Gasteiger partial charge in [0.1, 0.15) is 0 Å². The van der Waals surface area contributed by atoms with E-state index < -0.39 is 9.84 Å². The second kappa shape index (κ2) is 6.14. The first kappa shape index (κ1) is 15.3. The van der Waals surface area contributed by atoms with E-state index >= 15 is 0 Å². The molecule has 0 spiro atoms. The monoisotopic (exact) mass is 296 g/mol. The van der Waals surface area contributed by atoms with E-state index in [-0.39, 0.29) is 6.04 Å². The number of sulfone groups is 1. The minimum absolute atomic E-state index is 0.132. The molecule has 1 unspecified atom stereocenters. The molecule has 1 saturated heterocycles. The summed E-state index contributed by atoms with van der Waals surface area (Å²) in [5.41, 5.74) is 3.74. The summed E-state index contributed by atoms with van der Waals surface area (Å²) in [6.45, 7) is 5.89. The van der Waals surface area contributed by atoms with E-state index in [0.717, 1.165) is 19.5 Å². The summed E-state index contributed by atoms with van der Waals surface area (Å²) in [7, 11) is -0.715. The predicted octanol–water partition coefficient (Wildman–Crippen LogP) is 1.52. The average Bonchev–Trinajstić information content (AvgIpc) is 2.67. The largest absolute Gasteiger partial charge is 0.373 e. The van der Waals surface area contributed by atoms with Crippen molar-refractivity contribution >= 4 is 15.5 Å². The number of hydrogen-bond donors (Lipinski definition) is 1. The fourth-order valence-electron chi connectivity index (χ4n) is 2.69.